The van der Waals surface area contributed by atoms with Gasteiger partial charge in [-0.05, 0) is 40.8 Å². The second-order valence-electron chi connectivity index (χ2n) is 1.60. The predicted molar refractivity (Wildman–Crippen MR) is 48.6 cm³/mol. The van der Waals surface area contributed by atoms with Crippen molar-refractivity contribution in [3.63, 3.8) is 0 Å². The van der Waals surface area contributed by atoms with E-state index in [-0.39, 0.29) is 0 Å². The van der Waals surface area contributed by atoms with E-state index in [4.69, 9.17) is 11.8 Å². The standard InChI is InChI=1S/C6H5ClIN/c7-9-6-3-1-2-5(8)4-6/h1-4,9H. The van der Waals surface area contributed by atoms with Crippen LogP contribution in [0.15, 0.2) is 24.3 Å². The molecule has 0 fully saturated rings. The van der Waals surface area contributed by atoms with Crippen LogP contribution in [-0.4, -0.2) is 0 Å². The average molecular weight is 253 g/mol. The topological polar surface area (TPSA) is 12.0 Å². The first kappa shape index (κ1) is 7.15. The van der Waals surface area contributed by atoms with Crippen LogP contribution < -0.4 is 4.84 Å². The van der Waals surface area contributed by atoms with Crippen LogP contribution in [0, 0.1) is 3.57 Å². The SMILES string of the molecule is ClNc1cccc(I)c1. The van der Waals surface area contributed by atoms with Crippen LogP contribution >= 0.6 is 34.4 Å². The molecule has 0 aromatic heterocycles. The van der Waals surface area contributed by atoms with Gasteiger partial charge in [-0.25, -0.2) is 0 Å². The van der Waals surface area contributed by atoms with Crippen LogP contribution in [0.5, 0.6) is 0 Å². The van der Waals surface area contributed by atoms with Crippen molar-refractivity contribution in [1.29, 1.82) is 0 Å². The molecular weight excluding hydrogens is 248 g/mol. The summed E-state index contributed by atoms with van der Waals surface area (Å²) in [5.41, 5.74) is 0.934. The summed E-state index contributed by atoms with van der Waals surface area (Å²) >= 11 is 7.58. The first-order valence-electron chi connectivity index (χ1n) is 2.45. The van der Waals surface area contributed by atoms with Crippen LogP contribution in [0.1, 0.15) is 0 Å². The highest BCUT2D eigenvalue weighted by Gasteiger charge is 1.87. The molecule has 0 aliphatic rings. The quantitative estimate of drug-likeness (QED) is 0.599. The molecule has 0 atom stereocenters. The Hall–Kier alpha value is 0.0400. The van der Waals surface area contributed by atoms with Crippen molar-refractivity contribution in [2.75, 3.05) is 4.84 Å². The van der Waals surface area contributed by atoms with Crippen molar-refractivity contribution in [3.05, 3.63) is 27.8 Å². The van der Waals surface area contributed by atoms with Crippen LogP contribution in [0.25, 0.3) is 0 Å². The zero-order valence-electron chi connectivity index (χ0n) is 4.57. The molecule has 0 heterocycles. The minimum atomic E-state index is 0.934. The van der Waals surface area contributed by atoms with Crippen molar-refractivity contribution in [2.24, 2.45) is 0 Å². The number of nitrogens with one attached hydrogen (secondary N) is 1. The van der Waals surface area contributed by atoms with E-state index in [1.807, 2.05) is 24.3 Å². The molecule has 0 aliphatic heterocycles. The lowest BCUT2D eigenvalue weighted by Gasteiger charge is -1.95. The summed E-state index contributed by atoms with van der Waals surface area (Å²) in [6.45, 7) is 0. The van der Waals surface area contributed by atoms with Gasteiger partial charge in [-0.2, -0.15) is 0 Å². The van der Waals surface area contributed by atoms with Gasteiger partial charge in [0.1, 0.15) is 0 Å². The van der Waals surface area contributed by atoms with E-state index >= 15 is 0 Å². The van der Waals surface area contributed by atoms with E-state index in [1.165, 1.54) is 3.57 Å². The van der Waals surface area contributed by atoms with Gasteiger partial charge in [-0.1, -0.05) is 6.07 Å². The summed E-state index contributed by atoms with van der Waals surface area (Å²) in [4.78, 5) is 2.54. The zero-order valence-corrected chi connectivity index (χ0v) is 7.48. The molecule has 1 N–H and O–H groups in total. The first-order chi connectivity index (χ1) is 4.33. The Balaban J connectivity index is 2.94. The third kappa shape index (κ3) is 2.02. The lowest BCUT2D eigenvalue weighted by molar-refractivity contribution is 1.63. The van der Waals surface area contributed by atoms with Crippen molar-refractivity contribution < 1.29 is 0 Å². The van der Waals surface area contributed by atoms with E-state index in [2.05, 4.69) is 27.4 Å². The minimum Gasteiger partial charge on any atom is -0.298 e. The van der Waals surface area contributed by atoms with Gasteiger partial charge in [0.15, 0.2) is 0 Å². The normalized spacial score (nSPS) is 9.11. The monoisotopic (exact) mass is 253 g/mol. The highest BCUT2D eigenvalue weighted by atomic mass is 127. The predicted octanol–water partition coefficient (Wildman–Crippen LogP) is 2.86. The fraction of sp³-hybridized carbons (Fsp3) is 0. The molecule has 3 heteroatoms. The fourth-order valence-electron chi connectivity index (χ4n) is 0.547. The molecule has 0 spiro atoms. The number of anilines is 1. The molecule has 0 amide bonds. The summed E-state index contributed by atoms with van der Waals surface area (Å²) in [6, 6.07) is 7.84. The maximum Gasteiger partial charge on any atom is 0.0502 e. The number of hydrogen-bond acceptors (Lipinski definition) is 1. The van der Waals surface area contributed by atoms with Crippen molar-refractivity contribution in [3.8, 4) is 0 Å². The molecule has 1 aromatic rings. The number of hydrogen-bond donors (Lipinski definition) is 1. The Morgan fingerprint density at radius 3 is 2.67 bits per heavy atom. The lowest BCUT2D eigenvalue weighted by atomic mass is 10.3. The minimum absolute atomic E-state index is 0.934. The van der Waals surface area contributed by atoms with Gasteiger partial charge in [0, 0.05) is 15.3 Å². The zero-order chi connectivity index (χ0) is 6.69. The lowest BCUT2D eigenvalue weighted by Crippen LogP contribution is -1.78. The maximum atomic E-state index is 5.35. The number of rotatable bonds is 1. The summed E-state index contributed by atoms with van der Waals surface area (Å²) in [5.74, 6) is 0. The third-order valence-electron chi connectivity index (χ3n) is 0.934. The molecule has 48 valence electrons. The van der Waals surface area contributed by atoms with Gasteiger partial charge in [-0.3, -0.25) is 4.84 Å². The van der Waals surface area contributed by atoms with Gasteiger partial charge >= 0.3 is 0 Å². The summed E-state index contributed by atoms with van der Waals surface area (Å²) in [6.07, 6.45) is 0. The summed E-state index contributed by atoms with van der Waals surface area (Å²) in [7, 11) is 0. The molecule has 0 unspecified atom stereocenters. The van der Waals surface area contributed by atoms with Crippen molar-refractivity contribution in [2.45, 2.75) is 0 Å². The van der Waals surface area contributed by atoms with Crippen molar-refractivity contribution in [1.82, 2.24) is 0 Å². The van der Waals surface area contributed by atoms with Crippen LogP contribution in [-0.2, 0) is 0 Å². The molecule has 0 radical (unpaired) electrons. The molecule has 0 aliphatic carbocycles. The second kappa shape index (κ2) is 3.27. The molecule has 1 aromatic carbocycles. The highest BCUT2D eigenvalue weighted by Crippen LogP contribution is 2.12. The summed E-state index contributed by atoms with van der Waals surface area (Å²) < 4.78 is 1.18. The van der Waals surface area contributed by atoms with Crippen LogP contribution in [0.2, 0.25) is 0 Å². The van der Waals surface area contributed by atoms with E-state index < -0.39 is 0 Å². The van der Waals surface area contributed by atoms with Gasteiger partial charge in [0.05, 0.1) is 5.69 Å². The molecule has 1 rings (SSSR count). The maximum absolute atomic E-state index is 5.35. The third-order valence-corrected chi connectivity index (χ3v) is 1.82. The van der Waals surface area contributed by atoms with Crippen molar-refractivity contribution >= 4 is 40.1 Å². The molecular formula is C6H5ClIN. The Labute approximate surface area is 72.7 Å². The van der Waals surface area contributed by atoms with Crippen LogP contribution in [0.4, 0.5) is 5.69 Å². The Kier molecular flexibility index (Phi) is 2.60. The molecule has 1 nitrogen and oxygen atoms in total. The first-order valence-corrected chi connectivity index (χ1v) is 3.91. The number of benzene rings is 1. The second-order valence-corrected chi connectivity index (χ2v) is 3.04. The largest absolute Gasteiger partial charge is 0.298 e. The molecule has 0 bridgehead atoms. The summed E-state index contributed by atoms with van der Waals surface area (Å²) in [5, 5.41) is 0. The van der Waals surface area contributed by atoms with E-state index in [0.29, 0.717) is 0 Å². The smallest absolute Gasteiger partial charge is 0.0502 e. The molecule has 9 heavy (non-hydrogen) atoms. The Bertz CT molecular complexity index is 202. The van der Waals surface area contributed by atoms with E-state index in [1.54, 1.807) is 0 Å². The Morgan fingerprint density at radius 2 is 2.22 bits per heavy atom. The van der Waals surface area contributed by atoms with E-state index in [9.17, 15) is 0 Å². The molecule has 0 saturated carbocycles. The highest BCUT2D eigenvalue weighted by molar-refractivity contribution is 14.1. The fourth-order valence-corrected chi connectivity index (χ4v) is 1.21. The van der Waals surface area contributed by atoms with Gasteiger partial charge in [0.2, 0.25) is 0 Å². The van der Waals surface area contributed by atoms with Crippen LogP contribution in [0.3, 0.4) is 0 Å². The Morgan fingerprint density at radius 1 is 1.44 bits per heavy atom. The van der Waals surface area contributed by atoms with Gasteiger partial charge in [0.25, 0.3) is 0 Å². The van der Waals surface area contributed by atoms with E-state index in [0.717, 1.165) is 5.69 Å². The average Bonchev–Trinajstić information content (AvgIpc) is 1.88. The molecule has 0 saturated heterocycles. The van der Waals surface area contributed by atoms with Gasteiger partial charge in [-0.15, -0.1) is 0 Å². The number of halogens is 2. The van der Waals surface area contributed by atoms with Gasteiger partial charge < -0.3 is 0 Å².